The van der Waals surface area contributed by atoms with Crippen LogP contribution in [0.15, 0.2) is 29.3 Å². The molecule has 1 aromatic carbocycles. The smallest absolute Gasteiger partial charge is 0.235 e. The second-order valence-corrected chi connectivity index (χ2v) is 4.95. The van der Waals surface area contributed by atoms with Crippen molar-refractivity contribution in [2.24, 2.45) is 4.99 Å². The van der Waals surface area contributed by atoms with Crippen LogP contribution in [0.25, 0.3) is 0 Å². The molecule has 0 aromatic heterocycles. The molecule has 2 aliphatic rings. The quantitative estimate of drug-likeness (QED) is 0.588. The topological polar surface area (TPSA) is 32.7 Å². The van der Waals surface area contributed by atoms with Gasteiger partial charge in [0.2, 0.25) is 6.08 Å². The van der Waals surface area contributed by atoms with Crippen molar-refractivity contribution in [1.82, 2.24) is 0 Å². The standard InChI is InChI=1S/C14H16N2O/c17-11-15-14(7-8-14)12-5-1-2-6-13(12)16-9-3-4-10-16/h1-2,5-6H,3-4,7-10H2. The number of anilines is 1. The maximum Gasteiger partial charge on any atom is 0.235 e. The van der Waals surface area contributed by atoms with Crippen LogP contribution in [0.4, 0.5) is 5.69 Å². The molecule has 17 heavy (non-hydrogen) atoms. The lowest BCUT2D eigenvalue weighted by atomic mass is 10.0. The van der Waals surface area contributed by atoms with Gasteiger partial charge in [0.25, 0.3) is 0 Å². The van der Waals surface area contributed by atoms with E-state index in [4.69, 9.17) is 0 Å². The molecule has 1 aliphatic carbocycles. The fraction of sp³-hybridized carbons (Fsp3) is 0.500. The number of hydrogen-bond donors (Lipinski definition) is 0. The Hall–Kier alpha value is -1.60. The molecule has 3 nitrogen and oxygen atoms in total. The van der Waals surface area contributed by atoms with Gasteiger partial charge in [-0.05, 0) is 31.7 Å². The number of nitrogens with zero attached hydrogens (tertiary/aromatic N) is 2. The fourth-order valence-electron chi connectivity index (χ4n) is 2.75. The monoisotopic (exact) mass is 228 g/mol. The summed E-state index contributed by atoms with van der Waals surface area (Å²) in [5.74, 6) is 0. The third kappa shape index (κ3) is 1.77. The predicted octanol–water partition coefficient (Wildman–Crippen LogP) is 2.61. The van der Waals surface area contributed by atoms with E-state index in [-0.39, 0.29) is 5.54 Å². The molecule has 1 heterocycles. The highest BCUT2D eigenvalue weighted by molar-refractivity contribution is 5.60. The van der Waals surface area contributed by atoms with E-state index in [9.17, 15) is 4.79 Å². The van der Waals surface area contributed by atoms with Crippen molar-refractivity contribution in [3.8, 4) is 0 Å². The maximum absolute atomic E-state index is 10.6. The summed E-state index contributed by atoms with van der Waals surface area (Å²) >= 11 is 0. The van der Waals surface area contributed by atoms with Crippen LogP contribution in [0.5, 0.6) is 0 Å². The number of rotatable bonds is 3. The summed E-state index contributed by atoms with van der Waals surface area (Å²) < 4.78 is 0. The summed E-state index contributed by atoms with van der Waals surface area (Å²) in [5.41, 5.74) is 2.23. The van der Waals surface area contributed by atoms with Crippen molar-refractivity contribution in [3.63, 3.8) is 0 Å². The molecule has 3 heteroatoms. The van der Waals surface area contributed by atoms with Crippen molar-refractivity contribution in [3.05, 3.63) is 29.8 Å². The number of para-hydroxylation sites is 1. The van der Waals surface area contributed by atoms with Crippen LogP contribution in [-0.2, 0) is 10.3 Å². The Morgan fingerprint density at radius 1 is 1.18 bits per heavy atom. The molecule has 0 atom stereocenters. The lowest BCUT2D eigenvalue weighted by Crippen LogP contribution is -2.21. The molecule has 3 rings (SSSR count). The summed E-state index contributed by atoms with van der Waals surface area (Å²) in [6.45, 7) is 2.25. The third-order valence-electron chi connectivity index (χ3n) is 3.84. The van der Waals surface area contributed by atoms with Crippen molar-refractivity contribution in [1.29, 1.82) is 0 Å². The maximum atomic E-state index is 10.6. The highest BCUT2D eigenvalue weighted by Gasteiger charge is 2.46. The molecule has 1 saturated carbocycles. The summed E-state index contributed by atoms with van der Waals surface area (Å²) in [4.78, 5) is 17.0. The molecule has 0 unspecified atom stereocenters. The Morgan fingerprint density at radius 2 is 1.88 bits per heavy atom. The van der Waals surface area contributed by atoms with Gasteiger partial charge < -0.3 is 4.90 Å². The largest absolute Gasteiger partial charge is 0.371 e. The first kappa shape index (κ1) is 10.5. The first-order valence-corrected chi connectivity index (χ1v) is 6.29. The van der Waals surface area contributed by atoms with Crippen LogP contribution in [-0.4, -0.2) is 19.2 Å². The summed E-state index contributed by atoms with van der Waals surface area (Å²) in [6, 6.07) is 8.37. The number of benzene rings is 1. The minimum Gasteiger partial charge on any atom is -0.371 e. The van der Waals surface area contributed by atoms with Gasteiger partial charge in [0.05, 0.1) is 0 Å². The van der Waals surface area contributed by atoms with Crippen molar-refractivity contribution in [2.45, 2.75) is 31.2 Å². The van der Waals surface area contributed by atoms with Gasteiger partial charge in [-0.1, -0.05) is 18.2 Å². The average Bonchev–Trinajstić information content (AvgIpc) is 2.94. The molecule has 0 bridgehead atoms. The molecule has 0 spiro atoms. The first-order chi connectivity index (χ1) is 8.36. The van der Waals surface area contributed by atoms with E-state index in [1.807, 2.05) is 6.07 Å². The lowest BCUT2D eigenvalue weighted by Gasteiger charge is -2.23. The first-order valence-electron chi connectivity index (χ1n) is 6.29. The zero-order valence-corrected chi connectivity index (χ0v) is 9.85. The van der Waals surface area contributed by atoms with Crippen LogP contribution >= 0.6 is 0 Å². The Bertz CT molecular complexity index is 467. The molecule has 1 saturated heterocycles. The molecule has 0 radical (unpaired) electrons. The van der Waals surface area contributed by atoms with Crippen LogP contribution in [0.1, 0.15) is 31.2 Å². The second-order valence-electron chi connectivity index (χ2n) is 4.95. The molecular formula is C14H16N2O. The van der Waals surface area contributed by atoms with E-state index in [1.165, 1.54) is 24.1 Å². The van der Waals surface area contributed by atoms with Gasteiger partial charge >= 0.3 is 0 Å². The highest BCUT2D eigenvalue weighted by atomic mass is 16.1. The number of hydrogen-bond acceptors (Lipinski definition) is 3. The van der Waals surface area contributed by atoms with E-state index in [0.717, 1.165) is 25.9 Å². The average molecular weight is 228 g/mol. The van der Waals surface area contributed by atoms with Gasteiger partial charge in [0, 0.05) is 24.3 Å². The highest BCUT2D eigenvalue weighted by Crippen LogP contribution is 2.52. The van der Waals surface area contributed by atoms with E-state index >= 15 is 0 Å². The van der Waals surface area contributed by atoms with E-state index in [2.05, 4.69) is 28.1 Å². The van der Waals surface area contributed by atoms with Gasteiger partial charge in [-0.2, -0.15) is 4.99 Å². The number of isocyanates is 1. The minimum atomic E-state index is -0.249. The normalized spacial score (nSPS) is 21.1. The second kappa shape index (κ2) is 4.01. The molecule has 1 aromatic rings. The van der Waals surface area contributed by atoms with E-state index in [1.54, 1.807) is 6.08 Å². The third-order valence-corrected chi connectivity index (χ3v) is 3.84. The van der Waals surface area contributed by atoms with Gasteiger partial charge in [-0.3, -0.25) is 0 Å². The Balaban J connectivity index is 2.01. The molecular weight excluding hydrogens is 212 g/mol. The van der Waals surface area contributed by atoms with Gasteiger partial charge in [0.1, 0.15) is 5.54 Å². The van der Waals surface area contributed by atoms with Crippen LogP contribution in [0.3, 0.4) is 0 Å². The molecule has 1 aliphatic heterocycles. The fourth-order valence-corrected chi connectivity index (χ4v) is 2.75. The molecule has 0 amide bonds. The number of carbonyl (C=O) groups excluding carboxylic acids is 1. The van der Waals surface area contributed by atoms with Gasteiger partial charge in [-0.25, -0.2) is 4.79 Å². The predicted molar refractivity (Wildman–Crippen MR) is 66.9 cm³/mol. The molecule has 2 fully saturated rings. The zero-order chi connectivity index (χ0) is 11.7. The SMILES string of the molecule is O=C=NC1(c2ccccc2N2CCCC2)CC1. The zero-order valence-electron chi connectivity index (χ0n) is 9.85. The van der Waals surface area contributed by atoms with E-state index < -0.39 is 0 Å². The molecule has 88 valence electrons. The van der Waals surface area contributed by atoms with E-state index in [0.29, 0.717) is 0 Å². The molecule has 0 N–H and O–H groups in total. The van der Waals surface area contributed by atoms with Crippen LogP contribution < -0.4 is 4.90 Å². The lowest BCUT2D eigenvalue weighted by molar-refractivity contribution is 0.556. The minimum absolute atomic E-state index is 0.249. The summed E-state index contributed by atoms with van der Waals surface area (Å²) in [7, 11) is 0. The van der Waals surface area contributed by atoms with Crippen LogP contribution in [0, 0.1) is 0 Å². The summed E-state index contributed by atoms with van der Waals surface area (Å²) in [6.07, 6.45) is 6.23. The van der Waals surface area contributed by atoms with Crippen molar-refractivity contribution >= 4 is 11.8 Å². The Labute approximate surface area is 101 Å². The Kier molecular flexibility index (Phi) is 2.49. The van der Waals surface area contributed by atoms with Crippen molar-refractivity contribution < 1.29 is 4.79 Å². The number of aliphatic imine (C=N–C) groups is 1. The summed E-state index contributed by atoms with van der Waals surface area (Å²) in [5, 5.41) is 0. The van der Waals surface area contributed by atoms with Crippen molar-refractivity contribution in [2.75, 3.05) is 18.0 Å². The Morgan fingerprint density at radius 3 is 2.53 bits per heavy atom. The van der Waals surface area contributed by atoms with Gasteiger partial charge in [0.15, 0.2) is 0 Å². The van der Waals surface area contributed by atoms with Gasteiger partial charge in [-0.15, -0.1) is 0 Å². The van der Waals surface area contributed by atoms with Crippen LogP contribution in [0.2, 0.25) is 0 Å².